The minimum Gasteiger partial charge on any atom is -1.00 e. The van der Waals surface area contributed by atoms with Crippen molar-refractivity contribution in [2.75, 3.05) is 39.4 Å². The summed E-state index contributed by atoms with van der Waals surface area (Å²) >= 11 is 0. The van der Waals surface area contributed by atoms with Crippen LogP contribution in [-0.2, 0) is 0 Å². The number of rotatable bonds is 6. The van der Waals surface area contributed by atoms with Gasteiger partial charge in [0.25, 0.3) is 0 Å². The molecular formula is C16H24INO3. The van der Waals surface area contributed by atoms with Gasteiger partial charge in [0.1, 0.15) is 19.8 Å². The van der Waals surface area contributed by atoms with E-state index in [1.165, 1.54) is 0 Å². The molecule has 0 fully saturated rings. The number of benzene rings is 1. The van der Waals surface area contributed by atoms with E-state index in [1.807, 2.05) is 18.2 Å². The van der Waals surface area contributed by atoms with Gasteiger partial charge in [-0.3, -0.25) is 4.79 Å². The average molecular weight is 405 g/mol. The summed E-state index contributed by atoms with van der Waals surface area (Å²) in [5.41, 5.74) is 0.715. The fourth-order valence-electron chi connectivity index (χ4n) is 2.62. The molecule has 1 heterocycles. The Morgan fingerprint density at radius 1 is 1.05 bits per heavy atom. The number of hydrogen-bond donors (Lipinski definition) is 0. The molecule has 0 amide bonds. The maximum absolute atomic E-state index is 12.5. The second-order valence-electron chi connectivity index (χ2n) is 5.23. The standard InChI is InChI=1S/C16H24NO3.HI/c1-4-17(5-2,6-3)12-14(18)13-7-8-15-16(11-13)20-10-9-19-15;/h7-8,11H,4-6,9-10,12H2,1-3H3;1H/q+1;/p-1. The molecule has 0 radical (unpaired) electrons. The molecule has 0 saturated carbocycles. The van der Waals surface area contributed by atoms with Crippen molar-refractivity contribution in [1.29, 1.82) is 0 Å². The number of quaternary nitrogens is 1. The first-order valence-corrected chi connectivity index (χ1v) is 7.42. The summed E-state index contributed by atoms with van der Waals surface area (Å²) in [5, 5.41) is 0. The zero-order valence-electron chi connectivity index (χ0n) is 13.0. The number of ketones is 1. The van der Waals surface area contributed by atoms with Gasteiger partial charge in [-0.15, -0.1) is 0 Å². The van der Waals surface area contributed by atoms with E-state index in [4.69, 9.17) is 9.47 Å². The Morgan fingerprint density at radius 2 is 1.62 bits per heavy atom. The van der Waals surface area contributed by atoms with Gasteiger partial charge in [-0.05, 0) is 39.0 Å². The lowest BCUT2D eigenvalue weighted by Gasteiger charge is -2.35. The fraction of sp³-hybridized carbons (Fsp3) is 0.562. The fourth-order valence-corrected chi connectivity index (χ4v) is 2.62. The molecule has 1 aromatic carbocycles. The lowest BCUT2D eigenvalue weighted by Crippen LogP contribution is -3.00. The van der Waals surface area contributed by atoms with Crippen LogP contribution in [0.1, 0.15) is 31.1 Å². The van der Waals surface area contributed by atoms with Crippen molar-refractivity contribution in [3.63, 3.8) is 0 Å². The molecule has 1 aliphatic heterocycles. The zero-order chi connectivity index (χ0) is 14.6. The van der Waals surface area contributed by atoms with Gasteiger partial charge < -0.3 is 37.9 Å². The van der Waals surface area contributed by atoms with E-state index in [9.17, 15) is 4.79 Å². The molecule has 0 bridgehead atoms. The van der Waals surface area contributed by atoms with Crippen LogP contribution in [0.5, 0.6) is 11.5 Å². The SMILES string of the molecule is CC[N+](CC)(CC)CC(=O)c1ccc2c(c1)OCCO2.[I-]. The van der Waals surface area contributed by atoms with Gasteiger partial charge in [-0.2, -0.15) is 0 Å². The first-order valence-electron chi connectivity index (χ1n) is 7.42. The maximum Gasteiger partial charge on any atom is 0.217 e. The minimum atomic E-state index is 0. The number of fused-ring (bicyclic) bond motifs is 1. The Labute approximate surface area is 144 Å². The predicted octanol–water partition coefficient (Wildman–Crippen LogP) is -0.479. The molecule has 0 saturated heterocycles. The van der Waals surface area contributed by atoms with Crippen molar-refractivity contribution in [3.8, 4) is 11.5 Å². The molecule has 4 nitrogen and oxygen atoms in total. The van der Waals surface area contributed by atoms with Crippen LogP contribution in [0.15, 0.2) is 18.2 Å². The largest absolute Gasteiger partial charge is 1.00 e. The van der Waals surface area contributed by atoms with E-state index < -0.39 is 0 Å². The third-order valence-electron chi connectivity index (χ3n) is 4.36. The molecular weight excluding hydrogens is 381 g/mol. The Kier molecular flexibility index (Phi) is 6.93. The van der Waals surface area contributed by atoms with Crippen molar-refractivity contribution in [1.82, 2.24) is 0 Å². The molecule has 0 aromatic heterocycles. The van der Waals surface area contributed by atoms with E-state index >= 15 is 0 Å². The first kappa shape index (κ1) is 18.2. The highest BCUT2D eigenvalue weighted by molar-refractivity contribution is 5.97. The highest BCUT2D eigenvalue weighted by atomic mass is 127. The van der Waals surface area contributed by atoms with Gasteiger partial charge in [-0.25, -0.2) is 0 Å². The summed E-state index contributed by atoms with van der Waals surface area (Å²) in [6.45, 7) is 11.0. The summed E-state index contributed by atoms with van der Waals surface area (Å²) in [6, 6.07) is 5.48. The van der Waals surface area contributed by atoms with Gasteiger partial charge in [0.05, 0.1) is 19.6 Å². The van der Waals surface area contributed by atoms with Gasteiger partial charge in [-0.1, -0.05) is 0 Å². The zero-order valence-corrected chi connectivity index (χ0v) is 15.2. The Bertz CT molecular complexity index is 478. The third kappa shape index (κ3) is 4.10. The molecule has 118 valence electrons. The number of ether oxygens (including phenoxy) is 2. The number of halogens is 1. The molecule has 0 atom stereocenters. The van der Waals surface area contributed by atoms with Crippen molar-refractivity contribution in [3.05, 3.63) is 23.8 Å². The van der Waals surface area contributed by atoms with Crippen LogP contribution in [-0.4, -0.2) is 49.7 Å². The van der Waals surface area contributed by atoms with Crippen LogP contribution >= 0.6 is 0 Å². The van der Waals surface area contributed by atoms with Crippen molar-refractivity contribution in [2.24, 2.45) is 0 Å². The second kappa shape index (κ2) is 7.98. The molecule has 2 rings (SSSR count). The number of likely N-dealkylation sites (N-methyl/N-ethyl adjacent to an activating group) is 1. The number of carbonyl (C=O) groups excluding carboxylic acids is 1. The molecule has 5 heteroatoms. The number of Topliss-reactive ketones (excluding diaryl/α,β-unsaturated/α-hetero) is 1. The smallest absolute Gasteiger partial charge is 0.217 e. The van der Waals surface area contributed by atoms with Crippen LogP contribution in [0, 0.1) is 0 Å². The lowest BCUT2D eigenvalue weighted by atomic mass is 10.1. The van der Waals surface area contributed by atoms with Crippen molar-refractivity contribution < 1.29 is 42.7 Å². The molecule has 0 spiro atoms. The Balaban J connectivity index is 0.00000220. The van der Waals surface area contributed by atoms with Gasteiger partial charge in [0.2, 0.25) is 5.78 Å². The summed E-state index contributed by atoms with van der Waals surface area (Å²) in [7, 11) is 0. The van der Waals surface area contributed by atoms with Crippen LogP contribution in [0.2, 0.25) is 0 Å². The third-order valence-corrected chi connectivity index (χ3v) is 4.36. The number of nitrogens with zero attached hydrogens (tertiary/aromatic N) is 1. The first-order chi connectivity index (χ1) is 9.64. The van der Waals surface area contributed by atoms with E-state index in [2.05, 4.69) is 20.8 Å². The van der Waals surface area contributed by atoms with E-state index in [-0.39, 0.29) is 29.8 Å². The maximum atomic E-state index is 12.5. The van der Waals surface area contributed by atoms with Gasteiger partial charge in [0.15, 0.2) is 11.5 Å². The molecule has 1 aromatic rings. The van der Waals surface area contributed by atoms with Crippen LogP contribution in [0.3, 0.4) is 0 Å². The summed E-state index contributed by atoms with van der Waals surface area (Å²) in [5.74, 6) is 1.59. The van der Waals surface area contributed by atoms with E-state index in [1.54, 1.807) is 0 Å². The average Bonchev–Trinajstić information content (AvgIpc) is 2.52. The predicted molar refractivity (Wildman–Crippen MR) is 78.5 cm³/mol. The van der Waals surface area contributed by atoms with Crippen molar-refractivity contribution >= 4 is 5.78 Å². The summed E-state index contributed by atoms with van der Waals surface area (Å²) < 4.78 is 11.9. The van der Waals surface area contributed by atoms with E-state index in [0.717, 1.165) is 29.9 Å². The topological polar surface area (TPSA) is 35.5 Å². The summed E-state index contributed by atoms with van der Waals surface area (Å²) in [4.78, 5) is 12.5. The highest BCUT2D eigenvalue weighted by Gasteiger charge is 2.26. The molecule has 0 aliphatic carbocycles. The van der Waals surface area contributed by atoms with Gasteiger partial charge in [0, 0.05) is 5.56 Å². The second-order valence-corrected chi connectivity index (χ2v) is 5.23. The van der Waals surface area contributed by atoms with Crippen LogP contribution in [0.4, 0.5) is 0 Å². The lowest BCUT2D eigenvalue weighted by molar-refractivity contribution is -0.915. The minimum absolute atomic E-state index is 0. The molecule has 21 heavy (non-hydrogen) atoms. The number of hydrogen-bond acceptors (Lipinski definition) is 3. The Hall–Kier alpha value is -0.820. The monoisotopic (exact) mass is 405 g/mol. The van der Waals surface area contributed by atoms with Gasteiger partial charge >= 0.3 is 0 Å². The van der Waals surface area contributed by atoms with Crippen LogP contribution in [0.25, 0.3) is 0 Å². The normalized spacial score (nSPS) is 13.5. The highest BCUT2D eigenvalue weighted by Crippen LogP contribution is 2.31. The Morgan fingerprint density at radius 3 is 2.19 bits per heavy atom. The van der Waals surface area contributed by atoms with E-state index in [0.29, 0.717) is 31.1 Å². The molecule has 0 unspecified atom stereocenters. The molecule has 0 N–H and O–H groups in total. The molecule has 1 aliphatic rings. The van der Waals surface area contributed by atoms with Crippen molar-refractivity contribution in [2.45, 2.75) is 20.8 Å². The van der Waals surface area contributed by atoms with Crippen LogP contribution < -0.4 is 33.5 Å². The summed E-state index contributed by atoms with van der Waals surface area (Å²) in [6.07, 6.45) is 0. The number of carbonyl (C=O) groups is 1. The quantitative estimate of drug-likeness (QED) is 0.365.